The topological polar surface area (TPSA) is 86.3 Å². The lowest BCUT2D eigenvalue weighted by Crippen LogP contribution is -1.93. The van der Waals surface area contributed by atoms with Crippen molar-refractivity contribution in [3.8, 4) is 0 Å². The third-order valence-corrected chi connectivity index (χ3v) is 5.91. The van der Waals surface area contributed by atoms with Gasteiger partial charge in [0.25, 0.3) is 0 Å². The molecule has 12 heteroatoms. The van der Waals surface area contributed by atoms with Crippen LogP contribution in [0.5, 0.6) is 0 Å². The third kappa shape index (κ3) is 4.07. The molecule has 0 aromatic heterocycles. The summed E-state index contributed by atoms with van der Waals surface area (Å²) in [5.74, 6) is -2.18. The summed E-state index contributed by atoms with van der Waals surface area (Å²) in [6.45, 7) is 0. The van der Waals surface area contributed by atoms with Crippen LogP contribution in [-0.2, 0) is 0 Å². The molecule has 0 atom stereocenters. The molecular weight excluding hydrogens is 409 g/mol. The highest BCUT2D eigenvalue weighted by Crippen LogP contribution is 2.45. The summed E-state index contributed by atoms with van der Waals surface area (Å²) in [4.78, 5) is 20.0. The van der Waals surface area contributed by atoms with Gasteiger partial charge in [-0.25, -0.2) is 0 Å². The standard InChI is InChI=1S/C12H4Cl2F2N2O4S2/c13-5-1-7(15)9(17(19)20)3-11(5)23-24-12-4-10(18(21)22)8(16)2-6(12)14/h1-4H. The molecule has 0 unspecified atom stereocenters. The summed E-state index contributed by atoms with van der Waals surface area (Å²) < 4.78 is 26.8. The monoisotopic (exact) mass is 412 g/mol. The summed E-state index contributed by atoms with van der Waals surface area (Å²) >= 11 is 11.6. The zero-order chi connectivity index (χ0) is 18.0. The minimum Gasteiger partial charge on any atom is -0.258 e. The molecule has 0 amide bonds. The van der Waals surface area contributed by atoms with Gasteiger partial charge in [-0.15, -0.1) is 0 Å². The van der Waals surface area contributed by atoms with Gasteiger partial charge in [-0.3, -0.25) is 20.2 Å². The van der Waals surface area contributed by atoms with Crippen LogP contribution in [0.1, 0.15) is 0 Å². The molecule has 0 heterocycles. The molecule has 0 bridgehead atoms. The molecule has 0 aliphatic heterocycles. The van der Waals surface area contributed by atoms with Gasteiger partial charge in [-0.2, -0.15) is 8.78 Å². The van der Waals surface area contributed by atoms with Crippen molar-refractivity contribution >= 4 is 56.2 Å². The van der Waals surface area contributed by atoms with Crippen molar-refractivity contribution in [1.29, 1.82) is 0 Å². The Morgan fingerprint density at radius 1 is 0.792 bits per heavy atom. The second-order valence-corrected chi connectivity index (χ2v) is 7.18. The largest absolute Gasteiger partial charge is 0.306 e. The Kier molecular flexibility index (Phi) is 5.86. The Bertz CT molecular complexity index is 785. The SMILES string of the molecule is O=[N+]([O-])c1cc(SSc2cc([N+](=O)[O-])c(F)cc2Cl)c(Cl)cc1F. The van der Waals surface area contributed by atoms with Crippen LogP contribution in [0.3, 0.4) is 0 Å². The minimum absolute atomic E-state index is 0.0802. The van der Waals surface area contributed by atoms with Crippen LogP contribution >= 0.6 is 44.8 Å². The summed E-state index contributed by atoms with van der Waals surface area (Å²) in [6.07, 6.45) is 0. The van der Waals surface area contributed by atoms with Gasteiger partial charge in [-0.1, -0.05) is 44.8 Å². The van der Waals surface area contributed by atoms with Crippen molar-refractivity contribution in [2.75, 3.05) is 0 Å². The van der Waals surface area contributed by atoms with Crippen LogP contribution in [0.15, 0.2) is 34.1 Å². The number of halogens is 4. The number of nitrogens with zero attached hydrogens (tertiary/aromatic N) is 2. The van der Waals surface area contributed by atoms with E-state index >= 15 is 0 Å². The summed E-state index contributed by atoms with van der Waals surface area (Å²) in [5, 5.41) is 21.3. The molecule has 0 saturated heterocycles. The molecule has 0 saturated carbocycles. The van der Waals surface area contributed by atoms with Crippen molar-refractivity contribution in [3.63, 3.8) is 0 Å². The van der Waals surface area contributed by atoms with E-state index in [-0.39, 0.29) is 19.8 Å². The number of nitro groups is 2. The smallest absolute Gasteiger partial charge is 0.258 e. The molecule has 0 radical (unpaired) electrons. The zero-order valence-electron chi connectivity index (χ0n) is 11.2. The van der Waals surface area contributed by atoms with Crippen LogP contribution in [-0.4, -0.2) is 9.85 Å². The van der Waals surface area contributed by atoms with E-state index in [1.54, 1.807) is 0 Å². The lowest BCUT2D eigenvalue weighted by Gasteiger charge is -2.06. The molecule has 0 aliphatic carbocycles. The Hall–Kier alpha value is -1.62. The van der Waals surface area contributed by atoms with Crippen LogP contribution in [0, 0.1) is 31.9 Å². The van der Waals surface area contributed by atoms with E-state index in [0.29, 0.717) is 0 Å². The van der Waals surface area contributed by atoms with Crippen LogP contribution in [0.4, 0.5) is 20.2 Å². The second-order valence-electron chi connectivity index (χ2n) is 4.15. The van der Waals surface area contributed by atoms with E-state index in [0.717, 1.165) is 45.9 Å². The van der Waals surface area contributed by atoms with Crippen molar-refractivity contribution in [2.24, 2.45) is 0 Å². The molecule has 126 valence electrons. The molecular formula is C12H4Cl2F2N2O4S2. The first-order valence-electron chi connectivity index (χ1n) is 5.82. The van der Waals surface area contributed by atoms with Gasteiger partial charge >= 0.3 is 11.4 Å². The highest BCUT2D eigenvalue weighted by molar-refractivity contribution is 8.76. The molecule has 2 rings (SSSR count). The van der Waals surface area contributed by atoms with E-state index in [1.165, 1.54) is 0 Å². The maximum Gasteiger partial charge on any atom is 0.306 e. The number of benzene rings is 2. The van der Waals surface area contributed by atoms with E-state index < -0.39 is 32.9 Å². The lowest BCUT2D eigenvalue weighted by atomic mass is 10.3. The van der Waals surface area contributed by atoms with Gasteiger partial charge in [0, 0.05) is 34.1 Å². The predicted octanol–water partition coefficient (Wildman–Crippen LogP) is 5.89. The minimum atomic E-state index is -1.09. The van der Waals surface area contributed by atoms with E-state index in [4.69, 9.17) is 23.2 Å². The fraction of sp³-hybridized carbons (Fsp3) is 0. The predicted molar refractivity (Wildman–Crippen MR) is 87.8 cm³/mol. The van der Waals surface area contributed by atoms with Crippen LogP contribution < -0.4 is 0 Å². The van der Waals surface area contributed by atoms with Crippen molar-refractivity contribution in [3.05, 3.63) is 66.2 Å². The first-order valence-corrected chi connectivity index (χ1v) is 8.72. The summed E-state index contributed by atoms with van der Waals surface area (Å²) in [7, 11) is 1.73. The number of rotatable bonds is 5. The number of hydrogen-bond acceptors (Lipinski definition) is 6. The van der Waals surface area contributed by atoms with Gasteiger partial charge < -0.3 is 0 Å². The molecule has 0 fully saturated rings. The molecule has 0 spiro atoms. The summed E-state index contributed by atoms with van der Waals surface area (Å²) in [6, 6.07) is 3.44. The highest BCUT2D eigenvalue weighted by atomic mass is 35.5. The maximum atomic E-state index is 13.4. The average molecular weight is 413 g/mol. The zero-order valence-corrected chi connectivity index (χ0v) is 14.3. The van der Waals surface area contributed by atoms with Crippen molar-refractivity contribution in [2.45, 2.75) is 9.79 Å². The second kappa shape index (κ2) is 7.51. The highest BCUT2D eigenvalue weighted by Gasteiger charge is 2.21. The van der Waals surface area contributed by atoms with Gasteiger partial charge in [0.15, 0.2) is 0 Å². The van der Waals surface area contributed by atoms with Gasteiger partial charge in [0.2, 0.25) is 11.6 Å². The fourth-order valence-electron chi connectivity index (χ4n) is 1.53. The Balaban J connectivity index is 2.32. The van der Waals surface area contributed by atoms with Crippen molar-refractivity contribution in [1.82, 2.24) is 0 Å². The molecule has 2 aromatic rings. The number of nitro benzene ring substituents is 2. The Labute approximate surface area is 150 Å². The molecule has 6 nitrogen and oxygen atoms in total. The quantitative estimate of drug-likeness (QED) is 0.345. The lowest BCUT2D eigenvalue weighted by molar-refractivity contribution is -0.387. The molecule has 24 heavy (non-hydrogen) atoms. The molecule has 0 aliphatic rings. The normalized spacial score (nSPS) is 10.7. The van der Waals surface area contributed by atoms with Gasteiger partial charge in [0.1, 0.15) is 0 Å². The number of hydrogen-bond donors (Lipinski definition) is 0. The Morgan fingerprint density at radius 2 is 1.12 bits per heavy atom. The Morgan fingerprint density at radius 3 is 1.42 bits per heavy atom. The maximum absolute atomic E-state index is 13.4. The van der Waals surface area contributed by atoms with E-state index in [1.807, 2.05) is 0 Å². The first-order chi connectivity index (χ1) is 11.2. The fourth-order valence-corrected chi connectivity index (χ4v) is 4.48. The van der Waals surface area contributed by atoms with Crippen LogP contribution in [0.2, 0.25) is 10.0 Å². The van der Waals surface area contributed by atoms with Crippen molar-refractivity contribution < 1.29 is 18.6 Å². The van der Waals surface area contributed by atoms with E-state index in [9.17, 15) is 29.0 Å². The third-order valence-electron chi connectivity index (χ3n) is 2.62. The average Bonchev–Trinajstić information content (AvgIpc) is 2.47. The van der Waals surface area contributed by atoms with E-state index in [2.05, 4.69) is 0 Å². The first kappa shape index (κ1) is 18.7. The van der Waals surface area contributed by atoms with Gasteiger partial charge in [0.05, 0.1) is 19.9 Å². The molecule has 0 N–H and O–H groups in total. The summed E-state index contributed by atoms with van der Waals surface area (Å²) in [5.41, 5.74) is -1.53. The van der Waals surface area contributed by atoms with Crippen LogP contribution in [0.25, 0.3) is 0 Å². The van der Waals surface area contributed by atoms with Gasteiger partial charge in [-0.05, 0) is 0 Å². The molecule has 2 aromatic carbocycles.